The van der Waals surface area contributed by atoms with Gasteiger partial charge in [0.2, 0.25) is 17.8 Å². The number of nitrogens with one attached hydrogen (secondary N) is 1. The van der Waals surface area contributed by atoms with Gasteiger partial charge in [-0.2, -0.15) is 5.10 Å². The molecule has 2 aromatic rings. The maximum Gasteiger partial charge on any atom is 0.232 e. The second kappa shape index (κ2) is 6.54. The summed E-state index contributed by atoms with van der Waals surface area (Å²) in [6, 6.07) is 1.83. The molecule has 0 bridgehead atoms. The number of likely N-dealkylation sites (tertiary alicyclic amines) is 1. The molecule has 3 heterocycles. The van der Waals surface area contributed by atoms with Gasteiger partial charge in [0.15, 0.2) is 0 Å². The largest absolute Gasteiger partial charge is 0.330 e. The van der Waals surface area contributed by atoms with E-state index in [2.05, 4.69) is 20.6 Å². The van der Waals surface area contributed by atoms with Crippen LogP contribution in [-0.2, 0) is 23.2 Å². The van der Waals surface area contributed by atoms with Crippen molar-refractivity contribution >= 4 is 17.8 Å². The van der Waals surface area contributed by atoms with Crippen LogP contribution < -0.4 is 5.32 Å². The van der Waals surface area contributed by atoms with Crippen LogP contribution in [0.15, 0.2) is 18.6 Å². The Morgan fingerprint density at radius 2 is 2.15 bits per heavy atom. The van der Waals surface area contributed by atoms with E-state index >= 15 is 0 Å². The molecule has 0 aromatic carbocycles. The predicted octanol–water partition coefficient (Wildman–Crippen LogP) is 1.11. The lowest BCUT2D eigenvalue weighted by molar-refractivity contribution is -0.143. The first kappa shape index (κ1) is 16.7. The Kier molecular flexibility index (Phi) is 4.21. The second-order valence-corrected chi connectivity index (χ2v) is 6.93. The zero-order valence-electron chi connectivity index (χ0n) is 15.0. The molecule has 2 aliphatic rings. The van der Waals surface area contributed by atoms with Crippen molar-refractivity contribution in [2.45, 2.75) is 51.2 Å². The first-order valence-corrected chi connectivity index (χ1v) is 9.08. The van der Waals surface area contributed by atoms with Gasteiger partial charge in [-0.15, -0.1) is 10.2 Å². The number of carbonyl (C=O) groups excluding carboxylic acids is 2. The van der Waals surface area contributed by atoms with Gasteiger partial charge in [0, 0.05) is 32.3 Å². The van der Waals surface area contributed by atoms with Gasteiger partial charge in [0.25, 0.3) is 0 Å². The van der Waals surface area contributed by atoms with E-state index < -0.39 is 0 Å². The fraction of sp³-hybridized carbons (Fsp3) is 0.588. The van der Waals surface area contributed by atoms with Crippen molar-refractivity contribution in [1.82, 2.24) is 29.4 Å². The van der Waals surface area contributed by atoms with E-state index in [0.29, 0.717) is 25.3 Å². The summed E-state index contributed by atoms with van der Waals surface area (Å²) in [5, 5.41) is 15.0. The molecule has 4 rings (SSSR count). The monoisotopic (exact) mass is 357 g/mol. The van der Waals surface area contributed by atoms with Gasteiger partial charge in [0.05, 0.1) is 17.7 Å². The Labute approximate surface area is 151 Å². The van der Waals surface area contributed by atoms with Gasteiger partial charge in [-0.25, -0.2) is 0 Å². The second-order valence-electron chi connectivity index (χ2n) is 6.93. The Morgan fingerprint density at radius 3 is 2.81 bits per heavy atom. The number of aryl methyl sites for hydroxylation is 2. The third-order valence-corrected chi connectivity index (χ3v) is 5.27. The van der Waals surface area contributed by atoms with Gasteiger partial charge >= 0.3 is 0 Å². The summed E-state index contributed by atoms with van der Waals surface area (Å²) in [5.41, 5.74) is 0.891. The highest BCUT2D eigenvalue weighted by Crippen LogP contribution is 2.43. The zero-order valence-corrected chi connectivity index (χ0v) is 15.0. The van der Waals surface area contributed by atoms with E-state index in [1.807, 2.05) is 24.9 Å². The highest BCUT2D eigenvalue weighted by molar-refractivity contribution is 5.93. The lowest BCUT2D eigenvalue weighted by atomic mass is 9.85. The third-order valence-electron chi connectivity index (χ3n) is 5.27. The number of hydrogen-bond donors (Lipinski definition) is 1. The summed E-state index contributed by atoms with van der Waals surface area (Å²) in [6.07, 6.45) is 6.21. The molecule has 1 saturated heterocycles. The van der Waals surface area contributed by atoms with E-state index in [9.17, 15) is 9.59 Å². The Balaban J connectivity index is 1.65. The topological polar surface area (TPSA) is 97.9 Å². The van der Waals surface area contributed by atoms with Crippen molar-refractivity contribution in [3.05, 3.63) is 24.3 Å². The van der Waals surface area contributed by atoms with Crippen LogP contribution >= 0.6 is 0 Å². The molecule has 1 aliphatic heterocycles. The molecule has 9 nitrogen and oxygen atoms in total. The molecule has 1 N–H and O–H groups in total. The van der Waals surface area contributed by atoms with E-state index in [-0.39, 0.29) is 29.8 Å². The molecule has 0 radical (unpaired) electrons. The minimum atomic E-state index is -0.342. The van der Waals surface area contributed by atoms with Crippen molar-refractivity contribution in [2.24, 2.45) is 13.0 Å². The van der Waals surface area contributed by atoms with E-state index in [0.717, 1.165) is 18.5 Å². The minimum absolute atomic E-state index is 0.125. The van der Waals surface area contributed by atoms with Gasteiger partial charge in [0.1, 0.15) is 6.33 Å². The summed E-state index contributed by atoms with van der Waals surface area (Å²) in [5.74, 6) is 0.0957. The van der Waals surface area contributed by atoms with E-state index in [1.54, 1.807) is 21.8 Å². The van der Waals surface area contributed by atoms with Gasteiger partial charge < -0.3 is 9.47 Å². The molecule has 1 aliphatic carbocycles. The predicted molar refractivity (Wildman–Crippen MR) is 92.9 cm³/mol. The fourth-order valence-electron chi connectivity index (χ4n) is 3.78. The molecule has 2 fully saturated rings. The number of amides is 2. The normalized spacial score (nSPS) is 23.3. The minimum Gasteiger partial charge on any atom is -0.330 e. The summed E-state index contributed by atoms with van der Waals surface area (Å²) >= 11 is 0. The first-order chi connectivity index (χ1) is 12.6. The lowest BCUT2D eigenvalue weighted by Crippen LogP contribution is -2.48. The standard InChI is InChI=1S/C17H23N7O2/c1-3-23-10-18-21-17(23)20-16(26)12-6-7-14(25)24(11-4-5-11)15(12)13-8-9-19-22(13)2/h8-12,15H,3-7H2,1-2H3,(H,20,21,26)/t12-,15-/m0/s1. The lowest BCUT2D eigenvalue weighted by Gasteiger charge is -2.40. The summed E-state index contributed by atoms with van der Waals surface area (Å²) in [4.78, 5) is 27.6. The van der Waals surface area contributed by atoms with Crippen LogP contribution in [0.4, 0.5) is 5.95 Å². The molecule has 26 heavy (non-hydrogen) atoms. The summed E-state index contributed by atoms with van der Waals surface area (Å²) in [6.45, 7) is 2.64. The average molecular weight is 357 g/mol. The molecule has 9 heteroatoms. The summed E-state index contributed by atoms with van der Waals surface area (Å²) in [7, 11) is 1.85. The molecule has 0 unspecified atom stereocenters. The third kappa shape index (κ3) is 2.87. The van der Waals surface area contributed by atoms with Crippen molar-refractivity contribution in [3.63, 3.8) is 0 Å². The number of nitrogens with zero attached hydrogens (tertiary/aromatic N) is 6. The molecule has 2 atom stereocenters. The fourth-order valence-corrected chi connectivity index (χ4v) is 3.78. The Morgan fingerprint density at radius 1 is 1.35 bits per heavy atom. The van der Waals surface area contributed by atoms with Crippen LogP contribution in [0.1, 0.15) is 44.3 Å². The van der Waals surface area contributed by atoms with Crippen molar-refractivity contribution in [3.8, 4) is 0 Å². The highest BCUT2D eigenvalue weighted by atomic mass is 16.2. The van der Waals surface area contributed by atoms with Crippen LogP contribution in [0.3, 0.4) is 0 Å². The van der Waals surface area contributed by atoms with Crippen molar-refractivity contribution < 1.29 is 9.59 Å². The molecule has 0 spiro atoms. The quantitative estimate of drug-likeness (QED) is 0.864. The van der Waals surface area contributed by atoms with Crippen LogP contribution in [0.2, 0.25) is 0 Å². The smallest absolute Gasteiger partial charge is 0.232 e. The molecular weight excluding hydrogens is 334 g/mol. The SMILES string of the molecule is CCn1cnnc1NC(=O)[C@H]1CCC(=O)N(C2CC2)[C@@H]1c1ccnn1C. The van der Waals surface area contributed by atoms with Crippen molar-refractivity contribution in [1.29, 1.82) is 0 Å². The maximum atomic E-state index is 13.1. The van der Waals surface area contributed by atoms with Crippen LogP contribution in [-0.4, -0.2) is 47.3 Å². The number of aromatic nitrogens is 5. The number of hydrogen-bond acceptors (Lipinski definition) is 5. The number of rotatable bonds is 5. The van der Waals surface area contributed by atoms with Gasteiger partial charge in [-0.3, -0.25) is 19.6 Å². The van der Waals surface area contributed by atoms with Crippen LogP contribution in [0.25, 0.3) is 0 Å². The van der Waals surface area contributed by atoms with Gasteiger partial charge in [-0.05, 0) is 32.3 Å². The highest BCUT2D eigenvalue weighted by Gasteiger charge is 2.47. The number of carbonyl (C=O) groups is 2. The van der Waals surface area contributed by atoms with Gasteiger partial charge in [-0.1, -0.05) is 0 Å². The first-order valence-electron chi connectivity index (χ1n) is 9.08. The summed E-state index contributed by atoms with van der Waals surface area (Å²) < 4.78 is 3.54. The van der Waals surface area contributed by atoms with E-state index in [4.69, 9.17) is 0 Å². The zero-order chi connectivity index (χ0) is 18.3. The Hall–Kier alpha value is -2.71. The molecule has 2 amide bonds. The molecule has 138 valence electrons. The van der Waals surface area contributed by atoms with Crippen LogP contribution in [0, 0.1) is 5.92 Å². The Bertz CT molecular complexity index is 823. The molecule has 2 aromatic heterocycles. The average Bonchev–Trinajstić information content (AvgIpc) is 3.21. The van der Waals surface area contributed by atoms with Crippen molar-refractivity contribution in [2.75, 3.05) is 5.32 Å². The maximum absolute atomic E-state index is 13.1. The van der Waals surface area contributed by atoms with E-state index in [1.165, 1.54) is 0 Å². The molecule has 1 saturated carbocycles. The van der Waals surface area contributed by atoms with Crippen LogP contribution in [0.5, 0.6) is 0 Å². The number of piperidine rings is 1. The number of anilines is 1. The molecular formula is C17H23N7O2.